The number of ether oxygens (including phenoxy) is 1. The summed E-state index contributed by atoms with van der Waals surface area (Å²) in [6.07, 6.45) is 3.17. The van der Waals surface area contributed by atoms with Crippen molar-refractivity contribution in [3.8, 4) is 0 Å². The highest BCUT2D eigenvalue weighted by Crippen LogP contribution is 2.35. The van der Waals surface area contributed by atoms with Gasteiger partial charge in [-0.3, -0.25) is 14.4 Å². The Morgan fingerprint density at radius 2 is 1.94 bits per heavy atom. The molecule has 1 aromatic carbocycles. The lowest BCUT2D eigenvalue weighted by molar-refractivity contribution is -0.139. The molecule has 0 radical (unpaired) electrons. The molecule has 0 spiro atoms. The van der Waals surface area contributed by atoms with Gasteiger partial charge in [0.25, 0.3) is 5.91 Å². The minimum absolute atomic E-state index is 0.00894. The van der Waals surface area contributed by atoms with Crippen LogP contribution in [0.3, 0.4) is 0 Å². The molecule has 1 aliphatic carbocycles. The third-order valence-electron chi connectivity index (χ3n) is 7.01. The highest BCUT2D eigenvalue weighted by atomic mass is 35.5. The Morgan fingerprint density at radius 3 is 2.72 bits per heavy atom. The molecule has 0 unspecified atom stereocenters. The van der Waals surface area contributed by atoms with Crippen LogP contribution in [0.15, 0.2) is 22.8 Å². The van der Waals surface area contributed by atoms with Gasteiger partial charge in [0.2, 0.25) is 5.91 Å². The molecule has 170 valence electrons. The molecule has 3 aliphatic rings. The Bertz CT molecular complexity index is 1050. The number of carbonyl (C=O) groups excluding carboxylic acids is 3. The Labute approximate surface area is 189 Å². The van der Waals surface area contributed by atoms with Gasteiger partial charge in [-0.25, -0.2) is 4.63 Å². The smallest absolute Gasteiger partial charge is 0.252 e. The molecule has 3 fully saturated rings. The number of alkyl halides is 1. The van der Waals surface area contributed by atoms with Crippen LogP contribution in [0.1, 0.15) is 43.0 Å². The van der Waals surface area contributed by atoms with Crippen LogP contribution >= 0.6 is 11.6 Å². The number of aromatic nitrogens is 2. The second-order valence-electron chi connectivity index (χ2n) is 9.13. The molecule has 2 aliphatic heterocycles. The predicted molar refractivity (Wildman–Crippen MR) is 114 cm³/mol. The van der Waals surface area contributed by atoms with Crippen LogP contribution in [0.4, 0.5) is 0 Å². The summed E-state index contributed by atoms with van der Waals surface area (Å²) < 4.78 is 10.2. The van der Waals surface area contributed by atoms with E-state index >= 15 is 0 Å². The monoisotopic (exact) mass is 460 g/mol. The van der Waals surface area contributed by atoms with Crippen LogP contribution in [0.5, 0.6) is 0 Å². The van der Waals surface area contributed by atoms with Crippen LogP contribution in [0.2, 0.25) is 0 Å². The molecule has 10 heteroatoms. The van der Waals surface area contributed by atoms with Crippen molar-refractivity contribution in [3.05, 3.63) is 23.8 Å². The molecule has 1 aromatic heterocycles. The molecule has 2 amide bonds. The van der Waals surface area contributed by atoms with Gasteiger partial charge in [-0.2, -0.15) is 0 Å². The summed E-state index contributed by atoms with van der Waals surface area (Å²) >= 11 is 6.39. The van der Waals surface area contributed by atoms with Crippen LogP contribution < -0.4 is 5.32 Å². The maximum absolute atomic E-state index is 13.7. The average molecular weight is 461 g/mol. The number of hydrogen-bond acceptors (Lipinski definition) is 7. The summed E-state index contributed by atoms with van der Waals surface area (Å²) in [5.74, 6) is -0.200. The fourth-order valence-electron chi connectivity index (χ4n) is 5.15. The lowest BCUT2D eigenvalue weighted by Gasteiger charge is -2.35. The van der Waals surface area contributed by atoms with Gasteiger partial charge in [0.1, 0.15) is 35.8 Å². The first kappa shape index (κ1) is 21.3. The van der Waals surface area contributed by atoms with Crippen molar-refractivity contribution in [2.24, 2.45) is 11.8 Å². The molecule has 4 atom stereocenters. The number of halogens is 1. The summed E-state index contributed by atoms with van der Waals surface area (Å²) in [4.78, 5) is 40.8. The zero-order valence-corrected chi connectivity index (χ0v) is 18.5. The van der Waals surface area contributed by atoms with Crippen molar-refractivity contribution in [1.82, 2.24) is 20.5 Å². The van der Waals surface area contributed by atoms with Crippen molar-refractivity contribution in [1.29, 1.82) is 0 Å². The summed E-state index contributed by atoms with van der Waals surface area (Å²) in [5, 5.41) is 10.0. The van der Waals surface area contributed by atoms with E-state index in [-0.39, 0.29) is 36.7 Å². The molecule has 32 heavy (non-hydrogen) atoms. The molecule has 5 rings (SSSR count). The van der Waals surface area contributed by atoms with Crippen LogP contribution in [-0.4, -0.2) is 69.5 Å². The average Bonchev–Trinajstić information content (AvgIpc) is 3.49. The highest BCUT2D eigenvalue weighted by molar-refractivity contribution is 6.22. The number of benzene rings is 1. The summed E-state index contributed by atoms with van der Waals surface area (Å²) in [5.41, 5.74) is 1.38. The molecule has 0 bridgehead atoms. The van der Waals surface area contributed by atoms with Gasteiger partial charge in [-0.05, 0) is 53.2 Å². The zero-order chi connectivity index (χ0) is 22.4. The van der Waals surface area contributed by atoms with E-state index in [4.69, 9.17) is 21.0 Å². The second-order valence-corrected chi connectivity index (χ2v) is 9.69. The van der Waals surface area contributed by atoms with Gasteiger partial charge in [0, 0.05) is 12.1 Å². The normalized spacial score (nSPS) is 31.0. The number of carbonyl (C=O) groups is 3. The first-order chi connectivity index (χ1) is 15.4. The van der Waals surface area contributed by atoms with Crippen LogP contribution in [0.25, 0.3) is 11.0 Å². The number of nitrogens with zero attached hydrogens (tertiary/aromatic N) is 3. The van der Waals surface area contributed by atoms with Gasteiger partial charge in [0.05, 0.1) is 5.38 Å². The number of amides is 2. The van der Waals surface area contributed by atoms with Crippen molar-refractivity contribution in [2.75, 3.05) is 13.2 Å². The number of nitrogens with one attached hydrogen (secondary N) is 1. The Hall–Kier alpha value is -2.52. The van der Waals surface area contributed by atoms with E-state index in [2.05, 4.69) is 22.6 Å². The van der Waals surface area contributed by atoms with Gasteiger partial charge in [-0.1, -0.05) is 19.8 Å². The first-order valence-electron chi connectivity index (χ1n) is 11.0. The molecule has 1 saturated carbocycles. The zero-order valence-electron chi connectivity index (χ0n) is 17.7. The summed E-state index contributed by atoms with van der Waals surface area (Å²) in [6, 6.07) is 3.45. The minimum atomic E-state index is -0.739. The highest BCUT2D eigenvalue weighted by Gasteiger charge is 2.53. The second kappa shape index (κ2) is 8.44. The van der Waals surface area contributed by atoms with Gasteiger partial charge in [0.15, 0.2) is 5.78 Å². The molecule has 9 nitrogen and oxygen atoms in total. The molecule has 3 heterocycles. The summed E-state index contributed by atoms with van der Waals surface area (Å²) in [6.45, 7) is 2.39. The van der Waals surface area contributed by atoms with E-state index in [1.54, 1.807) is 18.2 Å². The maximum atomic E-state index is 13.7. The third-order valence-corrected chi connectivity index (χ3v) is 7.39. The topological polar surface area (TPSA) is 115 Å². The largest absolute Gasteiger partial charge is 0.366 e. The van der Waals surface area contributed by atoms with Crippen molar-refractivity contribution < 1.29 is 23.7 Å². The lowest BCUT2D eigenvalue weighted by atomic mass is 9.78. The predicted octanol–water partition coefficient (Wildman–Crippen LogP) is 1.93. The molecular formula is C22H25ClN4O5. The Balaban J connectivity index is 1.40. The summed E-state index contributed by atoms with van der Waals surface area (Å²) in [7, 11) is 0. The van der Waals surface area contributed by atoms with Gasteiger partial charge < -0.3 is 15.0 Å². The molecule has 2 saturated heterocycles. The number of rotatable bonds is 4. The van der Waals surface area contributed by atoms with Crippen molar-refractivity contribution >= 4 is 40.2 Å². The fourth-order valence-corrected chi connectivity index (χ4v) is 5.51. The fraction of sp³-hybridized carbons (Fsp3) is 0.591. The Kier molecular flexibility index (Phi) is 5.63. The van der Waals surface area contributed by atoms with E-state index < -0.39 is 23.6 Å². The maximum Gasteiger partial charge on any atom is 0.252 e. The molecule has 2 aromatic rings. The van der Waals surface area contributed by atoms with Crippen molar-refractivity contribution in [3.63, 3.8) is 0 Å². The van der Waals surface area contributed by atoms with Crippen LogP contribution in [0, 0.1) is 11.8 Å². The van der Waals surface area contributed by atoms with E-state index in [0.29, 0.717) is 22.5 Å². The molecule has 1 N–H and O–H groups in total. The number of ketones is 1. The van der Waals surface area contributed by atoms with E-state index in [9.17, 15) is 14.4 Å². The lowest BCUT2D eigenvalue weighted by Crippen LogP contribution is -2.55. The number of hydrogen-bond donors (Lipinski definition) is 1. The van der Waals surface area contributed by atoms with E-state index in [0.717, 1.165) is 25.7 Å². The number of likely N-dealkylation sites (tertiary alicyclic amines) is 1. The number of Topliss-reactive ketones (excluding diaryl/α,β-unsaturated/α-hetero) is 1. The minimum Gasteiger partial charge on any atom is -0.366 e. The number of fused-ring (bicyclic) bond motifs is 2. The SMILES string of the molecule is CC1CCC([C@H](NC(=O)c2ccc3nonc3c2)C(=O)N2C[C@H](Cl)[C@H]3OCC(=O)[C@H]32)CC1. The quantitative estimate of drug-likeness (QED) is 0.693. The Morgan fingerprint density at radius 1 is 1.19 bits per heavy atom. The molecular weight excluding hydrogens is 436 g/mol. The van der Waals surface area contributed by atoms with Crippen LogP contribution in [-0.2, 0) is 14.3 Å². The van der Waals surface area contributed by atoms with E-state index in [1.165, 1.54) is 4.90 Å². The standard InChI is InChI=1S/C22H25ClN4O5/c1-11-2-4-12(5-3-11)18(22(30)27-9-14(23)20-19(27)17(28)10-31-20)24-21(29)13-6-7-15-16(8-13)26-32-25-15/h6-8,11-12,14,18-20H,2-5,9-10H2,1H3,(H,24,29)/t11?,12?,14-,18-,19+,20+/m0/s1. The van der Waals surface area contributed by atoms with Gasteiger partial charge in [-0.15, -0.1) is 11.6 Å². The van der Waals surface area contributed by atoms with E-state index in [1.807, 2.05) is 0 Å². The van der Waals surface area contributed by atoms with Crippen molar-refractivity contribution in [2.45, 2.75) is 56.2 Å². The van der Waals surface area contributed by atoms with Gasteiger partial charge >= 0.3 is 0 Å². The third kappa shape index (κ3) is 3.77. The first-order valence-corrected chi connectivity index (χ1v) is 11.5.